The van der Waals surface area contributed by atoms with Crippen molar-refractivity contribution in [3.05, 3.63) is 35.4 Å². The minimum atomic E-state index is 0.632. The molecule has 27 heavy (non-hydrogen) atoms. The Morgan fingerprint density at radius 2 is 1.56 bits per heavy atom. The molecule has 0 saturated heterocycles. The van der Waals surface area contributed by atoms with Crippen molar-refractivity contribution < 1.29 is 14.2 Å². The Bertz CT molecular complexity index is 492. The average molecular weight is 380 g/mol. The Labute approximate surface area is 164 Å². The van der Waals surface area contributed by atoms with E-state index in [9.17, 15) is 0 Å². The Kier molecular flexibility index (Phi) is 14.3. The molecule has 6 nitrogen and oxygen atoms in total. The van der Waals surface area contributed by atoms with Crippen molar-refractivity contribution in [3.63, 3.8) is 0 Å². The van der Waals surface area contributed by atoms with Gasteiger partial charge >= 0.3 is 0 Å². The highest BCUT2D eigenvalue weighted by Gasteiger charge is 1.99. The molecule has 6 heteroatoms. The summed E-state index contributed by atoms with van der Waals surface area (Å²) in [6, 6.07) is 8.39. The molecule has 1 aromatic carbocycles. The molecule has 0 aliphatic carbocycles. The molecular weight excluding hydrogens is 342 g/mol. The Morgan fingerprint density at radius 1 is 0.852 bits per heavy atom. The molecule has 1 rings (SSSR count). The van der Waals surface area contributed by atoms with Crippen molar-refractivity contribution in [2.45, 2.75) is 46.8 Å². The van der Waals surface area contributed by atoms with Gasteiger partial charge in [0.2, 0.25) is 0 Å². The summed E-state index contributed by atoms with van der Waals surface area (Å²) in [7, 11) is 0. The van der Waals surface area contributed by atoms with Crippen LogP contribution in [0.1, 0.15) is 44.7 Å². The summed E-state index contributed by atoms with van der Waals surface area (Å²) >= 11 is 0. The van der Waals surface area contributed by atoms with Gasteiger partial charge in [0.05, 0.1) is 33.0 Å². The normalized spacial score (nSPS) is 11.6. The molecule has 0 heterocycles. The van der Waals surface area contributed by atoms with Gasteiger partial charge in [0.15, 0.2) is 5.96 Å². The number of benzene rings is 1. The lowest BCUT2D eigenvalue weighted by Crippen LogP contribution is -2.39. The molecule has 0 aliphatic rings. The third-order valence-corrected chi connectivity index (χ3v) is 3.81. The van der Waals surface area contributed by atoms with Gasteiger partial charge in [-0.3, -0.25) is 0 Å². The second-order valence-corrected chi connectivity index (χ2v) is 6.15. The van der Waals surface area contributed by atoms with E-state index in [2.05, 4.69) is 53.7 Å². The van der Waals surface area contributed by atoms with Crippen LogP contribution >= 0.6 is 0 Å². The van der Waals surface area contributed by atoms with Gasteiger partial charge in [0.1, 0.15) is 0 Å². The van der Waals surface area contributed by atoms with E-state index in [0.717, 1.165) is 38.6 Å². The largest absolute Gasteiger partial charge is 0.379 e. The van der Waals surface area contributed by atoms with Crippen LogP contribution in [0.25, 0.3) is 0 Å². The number of nitrogens with one attached hydrogen (secondary N) is 2. The zero-order valence-electron chi connectivity index (χ0n) is 17.3. The predicted octanol–water partition coefficient (Wildman–Crippen LogP) is 3.11. The molecule has 1 aromatic rings. The van der Waals surface area contributed by atoms with E-state index in [-0.39, 0.29) is 0 Å². The summed E-state index contributed by atoms with van der Waals surface area (Å²) in [6.45, 7) is 12.5. The number of guanidine groups is 1. The molecule has 2 N–H and O–H groups in total. The van der Waals surface area contributed by atoms with Crippen molar-refractivity contribution in [2.24, 2.45) is 4.99 Å². The highest BCUT2D eigenvalue weighted by molar-refractivity contribution is 5.79. The van der Waals surface area contributed by atoms with E-state index in [0.29, 0.717) is 39.5 Å². The van der Waals surface area contributed by atoms with Crippen molar-refractivity contribution in [3.8, 4) is 0 Å². The number of aliphatic imine (C=N–C) groups is 1. The molecule has 0 radical (unpaired) electrons. The first-order valence-corrected chi connectivity index (χ1v) is 10.1. The molecule has 0 atom stereocenters. The standard InChI is InChI=1S/C21H37N3O3/c1-4-7-13-26-15-16-27-14-12-23-21(22-5-2)24-17-19-8-10-20(11-9-19)18-25-6-3/h8-11H,4-7,12-18H2,1-3H3,(H2,22,23,24). The van der Waals surface area contributed by atoms with E-state index in [1.54, 1.807) is 0 Å². The fourth-order valence-electron chi connectivity index (χ4n) is 2.28. The lowest BCUT2D eigenvalue weighted by atomic mass is 10.1. The summed E-state index contributed by atoms with van der Waals surface area (Å²) in [5.41, 5.74) is 2.36. The summed E-state index contributed by atoms with van der Waals surface area (Å²) in [5.74, 6) is 0.804. The van der Waals surface area contributed by atoms with E-state index in [4.69, 9.17) is 14.2 Å². The maximum Gasteiger partial charge on any atom is 0.191 e. The SMILES string of the molecule is CCCCOCCOCCNC(=NCc1ccc(COCC)cc1)NCC. The molecule has 0 fully saturated rings. The van der Waals surface area contributed by atoms with Gasteiger partial charge in [-0.2, -0.15) is 0 Å². The fourth-order valence-corrected chi connectivity index (χ4v) is 2.28. The lowest BCUT2D eigenvalue weighted by molar-refractivity contribution is 0.0487. The maximum atomic E-state index is 5.57. The van der Waals surface area contributed by atoms with Crippen molar-refractivity contribution in [1.82, 2.24) is 10.6 Å². The van der Waals surface area contributed by atoms with E-state index >= 15 is 0 Å². The topological polar surface area (TPSA) is 64.1 Å². The van der Waals surface area contributed by atoms with Gasteiger partial charge < -0.3 is 24.8 Å². The van der Waals surface area contributed by atoms with Crippen LogP contribution in [0.4, 0.5) is 0 Å². The first-order chi connectivity index (χ1) is 13.3. The predicted molar refractivity (Wildman–Crippen MR) is 111 cm³/mol. The van der Waals surface area contributed by atoms with Crippen LogP contribution < -0.4 is 10.6 Å². The summed E-state index contributed by atoms with van der Waals surface area (Å²) in [5, 5.41) is 6.55. The van der Waals surface area contributed by atoms with Crippen molar-refractivity contribution in [2.75, 3.05) is 46.1 Å². The van der Waals surface area contributed by atoms with Crippen LogP contribution in [0.2, 0.25) is 0 Å². The number of hydrogen-bond donors (Lipinski definition) is 2. The number of ether oxygens (including phenoxy) is 3. The zero-order chi connectivity index (χ0) is 19.6. The van der Waals surface area contributed by atoms with E-state index in [1.807, 2.05) is 6.92 Å². The maximum absolute atomic E-state index is 5.57. The molecule has 0 amide bonds. The van der Waals surface area contributed by atoms with Crippen LogP contribution in [0.3, 0.4) is 0 Å². The monoisotopic (exact) mass is 379 g/mol. The molecule has 0 unspecified atom stereocenters. The van der Waals surface area contributed by atoms with Crippen molar-refractivity contribution >= 4 is 5.96 Å². The minimum Gasteiger partial charge on any atom is -0.379 e. The minimum absolute atomic E-state index is 0.632. The summed E-state index contributed by atoms with van der Waals surface area (Å²) in [6.07, 6.45) is 2.27. The van der Waals surface area contributed by atoms with Gasteiger partial charge in [-0.25, -0.2) is 4.99 Å². The van der Waals surface area contributed by atoms with E-state index < -0.39 is 0 Å². The Balaban J connectivity index is 2.25. The van der Waals surface area contributed by atoms with Gasteiger partial charge in [-0.05, 0) is 31.4 Å². The van der Waals surface area contributed by atoms with Gasteiger partial charge in [-0.1, -0.05) is 37.6 Å². The van der Waals surface area contributed by atoms with Gasteiger partial charge in [-0.15, -0.1) is 0 Å². The van der Waals surface area contributed by atoms with Crippen LogP contribution in [0.15, 0.2) is 29.3 Å². The third kappa shape index (κ3) is 12.4. The Morgan fingerprint density at radius 3 is 2.22 bits per heavy atom. The number of nitrogens with zero attached hydrogens (tertiary/aromatic N) is 1. The fraction of sp³-hybridized carbons (Fsp3) is 0.667. The second kappa shape index (κ2) is 16.5. The van der Waals surface area contributed by atoms with Crippen LogP contribution in [0.5, 0.6) is 0 Å². The molecule has 0 bridgehead atoms. The highest BCUT2D eigenvalue weighted by Crippen LogP contribution is 2.07. The number of hydrogen-bond acceptors (Lipinski definition) is 4. The number of unbranched alkanes of at least 4 members (excludes halogenated alkanes) is 1. The quantitative estimate of drug-likeness (QED) is 0.278. The smallest absolute Gasteiger partial charge is 0.191 e. The van der Waals surface area contributed by atoms with Gasteiger partial charge in [0.25, 0.3) is 0 Å². The molecule has 154 valence electrons. The lowest BCUT2D eigenvalue weighted by Gasteiger charge is -2.12. The average Bonchev–Trinajstić information content (AvgIpc) is 2.70. The van der Waals surface area contributed by atoms with Crippen LogP contribution in [-0.4, -0.2) is 52.1 Å². The molecule has 0 aliphatic heterocycles. The summed E-state index contributed by atoms with van der Waals surface area (Å²) < 4.78 is 16.5. The summed E-state index contributed by atoms with van der Waals surface area (Å²) in [4.78, 5) is 4.63. The molecule has 0 saturated carbocycles. The molecule has 0 aromatic heterocycles. The second-order valence-electron chi connectivity index (χ2n) is 6.15. The zero-order valence-corrected chi connectivity index (χ0v) is 17.3. The van der Waals surface area contributed by atoms with Crippen LogP contribution in [0, 0.1) is 0 Å². The molecular formula is C21H37N3O3. The highest BCUT2D eigenvalue weighted by atomic mass is 16.5. The van der Waals surface area contributed by atoms with E-state index in [1.165, 1.54) is 11.1 Å². The molecule has 0 spiro atoms. The third-order valence-electron chi connectivity index (χ3n) is 3.81. The van der Waals surface area contributed by atoms with Crippen LogP contribution in [-0.2, 0) is 27.4 Å². The van der Waals surface area contributed by atoms with Gasteiger partial charge in [0, 0.05) is 26.3 Å². The first kappa shape index (κ1) is 23.4. The number of rotatable bonds is 15. The van der Waals surface area contributed by atoms with Crippen molar-refractivity contribution in [1.29, 1.82) is 0 Å². The first-order valence-electron chi connectivity index (χ1n) is 10.1. The Hall–Kier alpha value is -1.63.